The normalized spacial score (nSPS) is 17.1. The summed E-state index contributed by atoms with van der Waals surface area (Å²) in [5, 5.41) is 4.63. The van der Waals surface area contributed by atoms with Gasteiger partial charge in [-0.3, -0.25) is 10.1 Å². The van der Waals surface area contributed by atoms with E-state index < -0.39 is 17.0 Å². The van der Waals surface area contributed by atoms with Crippen LogP contribution >= 0.6 is 39.1 Å². The molecule has 4 rings (SSSR count). The Hall–Kier alpha value is -2.12. The first-order valence-corrected chi connectivity index (χ1v) is 12.4. The first-order valence-electron chi connectivity index (χ1n) is 10.9. The van der Waals surface area contributed by atoms with Crippen molar-refractivity contribution in [3.63, 3.8) is 0 Å². The van der Waals surface area contributed by atoms with E-state index in [9.17, 15) is 4.79 Å². The van der Waals surface area contributed by atoms with E-state index in [-0.39, 0.29) is 6.04 Å². The van der Waals surface area contributed by atoms with Crippen molar-refractivity contribution in [3.05, 3.63) is 68.6 Å². The van der Waals surface area contributed by atoms with Gasteiger partial charge in [0.25, 0.3) is 0 Å². The van der Waals surface area contributed by atoms with Gasteiger partial charge in [-0.25, -0.2) is 4.98 Å². The van der Waals surface area contributed by atoms with E-state index >= 15 is 0 Å². The number of hydrogen-bond donors (Lipinski definition) is 2. The number of nitrogens with zero attached hydrogens (tertiary/aromatic N) is 1. The summed E-state index contributed by atoms with van der Waals surface area (Å²) in [5.74, 6) is 0.0724. The van der Waals surface area contributed by atoms with Crippen LogP contribution in [0.15, 0.2) is 53.0 Å². The second-order valence-electron chi connectivity index (χ2n) is 9.66. The van der Waals surface area contributed by atoms with Crippen molar-refractivity contribution in [1.82, 2.24) is 10.3 Å². The van der Waals surface area contributed by atoms with Gasteiger partial charge < -0.3 is 10.5 Å². The molecule has 8 heteroatoms. The monoisotopic (exact) mass is 561 g/mol. The van der Waals surface area contributed by atoms with Crippen molar-refractivity contribution >= 4 is 45.0 Å². The van der Waals surface area contributed by atoms with E-state index in [4.69, 9.17) is 38.7 Å². The smallest absolute Gasteiger partial charge is 0.237 e. The van der Waals surface area contributed by atoms with Crippen LogP contribution in [0.3, 0.4) is 0 Å². The predicted octanol–water partition coefficient (Wildman–Crippen LogP) is 6.94. The second-order valence-corrected chi connectivity index (χ2v) is 11.4. The van der Waals surface area contributed by atoms with Gasteiger partial charge in [-0.2, -0.15) is 0 Å². The molecule has 1 aliphatic heterocycles. The number of halogens is 3. The Kier molecular flexibility index (Phi) is 6.73. The maximum absolute atomic E-state index is 12.1. The molecule has 0 radical (unpaired) electrons. The van der Waals surface area contributed by atoms with Crippen LogP contribution in [0, 0.1) is 0 Å². The summed E-state index contributed by atoms with van der Waals surface area (Å²) >= 11 is 16.3. The zero-order valence-electron chi connectivity index (χ0n) is 19.4. The van der Waals surface area contributed by atoms with Crippen LogP contribution in [0.5, 0.6) is 5.88 Å². The summed E-state index contributed by atoms with van der Waals surface area (Å²) in [7, 11) is 0. The minimum Gasteiger partial charge on any atom is -0.471 e. The molecule has 2 heterocycles. The minimum atomic E-state index is -0.913. The maximum Gasteiger partial charge on any atom is 0.237 e. The number of pyridine rings is 1. The van der Waals surface area contributed by atoms with E-state index in [2.05, 4.69) is 27.3 Å². The fourth-order valence-electron chi connectivity index (χ4n) is 4.12. The summed E-state index contributed by atoms with van der Waals surface area (Å²) in [6, 6.07) is 15.1. The number of nitrogens with two attached hydrogens (primary N) is 1. The van der Waals surface area contributed by atoms with Crippen LogP contribution in [0.2, 0.25) is 10.0 Å². The van der Waals surface area contributed by atoms with Crippen molar-refractivity contribution in [2.24, 2.45) is 5.73 Å². The number of nitrogens with one attached hydrogen (secondary N) is 1. The molecule has 1 unspecified atom stereocenters. The summed E-state index contributed by atoms with van der Waals surface area (Å²) < 4.78 is 7.20. The fourth-order valence-corrected chi connectivity index (χ4v) is 5.01. The molecule has 3 aromatic rings. The van der Waals surface area contributed by atoms with Gasteiger partial charge >= 0.3 is 0 Å². The van der Waals surface area contributed by atoms with Crippen molar-refractivity contribution in [2.45, 2.75) is 51.3 Å². The SMILES string of the molecule is CC1(C)CC(NC(C)(C)C(N)=O)c2cc(-c3ccc(Cl)cc3)c(-c3ccc(Br)cc3Cl)nc2O1. The first kappa shape index (κ1) is 25.0. The molecular weight excluding hydrogens is 537 g/mol. The molecule has 1 aromatic heterocycles. The van der Waals surface area contributed by atoms with Gasteiger partial charge in [0.15, 0.2) is 0 Å². The zero-order chi connectivity index (χ0) is 24.8. The summed E-state index contributed by atoms with van der Waals surface area (Å²) in [6.07, 6.45) is 0.636. The van der Waals surface area contributed by atoms with E-state index in [1.54, 1.807) is 13.8 Å². The second kappa shape index (κ2) is 9.15. The third-order valence-corrected chi connectivity index (χ3v) is 7.01. The molecular formula is C26H26BrCl2N3O2. The summed E-state index contributed by atoms with van der Waals surface area (Å²) in [5.41, 5.74) is 8.40. The lowest BCUT2D eigenvalue weighted by molar-refractivity contribution is -0.123. The largest absolute Gasteiger partial charge is 0.471 e. The molecule has 1 atom stereocenters. The molecule has 0 aliphatic carbocycles. The number of benzene rings is 2. The third kappa shape index (κ3) is 5.10. The highest BCUT2D eigenvalue weighted by Gasteiger charge is 2.39. The first-order chi connectivity index (χ1) is 15.9. The summed E-state index contributed by atoms with van der Waals surface area (Å²) in [4.78, 5) is 17.1. The highest BCUT2D eigenvalue weighted by Crippen LogP contribution is 2.45. The number of hydrogen-bond acceptors (Lipinski definition) is 4. The van der Waals surface area contributed by atoms with Crippen molar-refractivity contribution in [1.29, 1.82) is 0 Å². The van der Waals surface area contributed by atoms with Gasteiger partial charge in [-0.15, -0.1) is 0 Å². The minimum absolute atomic E-state index is 0.200. The van der Waals surface area contributed by atoms with Crippen LogP contribution < -0.4 is 15.8 Å². The van der Waals surface area contributed by atoms with E-state index in [0.29, 0.717) is 28.0 Å². The molecule has 1 amide bonds. The number of carbonyl (C=O) groups is 1. The molecule has 178 valence electrons. The standard InChI is InChI=1S/C26H26BrCl2N3O2/c1-25(2)13-21(32-26(3,4)24(30)33)19-12-18(14-5-8-16(28)9-6-14)22(31-23(19)34-25)17-10-7-15(27)11-20(17)29/h5-12,21,32H,13H2,1-4H3,(H2,30,33). The molecule has 0 fully saturated rings. The molecule has 34 heavy (non-hydrogen) atoms. The fraction of sp³-hybridized carbons (Fsp3) is 0.308. The number of carbonyl (C=O) groups excluding carboxylic acids is 1. The average molecular weight is 563 g/mol. The van der Waals surface area contributed by atoms with Crippen LogP contribution in [-0.4, -0.2) is 22.0 Å². The topological polar surface area (TPSA) is 77.2 Å². The lowest BCUT2D eigenvalue weighted by atomic mass is 9.87. The van der Waals surface area contributed by atoms with Gasteiger partial charge in [0.2, 0.25) is 11.8 Å². The molecule has 0 bridgehead atoms. The van der Waals surface area contributed by atoms with Crippen molar-refractivity contribution in [3.8, 4) is 28.3 Å². The molecule has 0 saturated heterocycles. The third-order valence-electron chi connectivity index (χ3n) is 5.95. The van der Waals surface area contributed by atoms with Crippen LogP contribution in [0.1, 0.15) is 45.7 Å². The van der Waals surface area contributed by atoms with E-state index in [0.717, 1.165) is 26.7 Å². The van der Waals surface area contributed by atoms with E-state index in [1.165, 1.54) is 0 Å². The molecule has 0 saturated carbocycles. The Balaban J connectivity index is 1.95. The number of amides is 1. The number of ether oxygens (including phenoxy) is 1. The van der Waals surface area contributed by atoms with Gasteiger partial charge in [0.1, 0.15) is 5.60 Å². The molecule has 2 aromatic carbocycles. The maximum atomic E-state index is 12.1. The van der Waals surface area contributed by atoms with Crippen LogP contribution in [0.4, 0.5) is 0 Å². The average Bonchev–Trinajstić information content (AvgIpc) is 2.72. The van der Waals surface area contributed by atoms with Crippen molar-refractivity contribution < 1.29 is 9.53 Å². The molecule has 5 nitrogen and oxygen atoms in total. The molecule has 0 spiro atoms. The number of fused-ring (bicyclic) bond motifs is 1. The number of aromatic nitrogens is 1. The Morgan fingerprint density at radius 2 is 1.82 bits per heavy atom. The molecule has 1 aliphatic rings. The highest BCUT2D eigenvalue weighted by molar-refractivity contribution is 9.10. The Labute approximate surface area is 218 Å². The highest BCUT2D eigenvalue weighted by atomic mass is 79.9. The zero-order valence-corrected chi connectivity index (χ0v) is 22.5. The van der Waals surface area contributed by atoms with Crippen molar-refractivity contribution in [2.75, 3.05) is 0 Å². The van der Waals surface area contributed by atoms with Crippen LogP contribution in [-0.2, 0) is 4.79 Å². The Morgan fingerprint density at radius 1 is 1.15 bits per heavy atom. The number of primary amides is 1. The Morgan fingerprint density at radius 3 is 2.44 bits per heavy atom. The Bertz CT molecular complexity index is 1260. The van der Waals surface area contributed by atoms with E-state index in [1.807, 2.05) is 56.3 Å². The van der Waals surface area contributed by atoms with Crippen LogP contribution in [0.25, 0.3) is 22.4 Å². The number of rotatable bonds is 5. The van der Waals surface area contributed by atoms with Gasteiger partial charge in [0.05, 0.1) is 16.3 Å². The predicted molar refractivity (Wildman–Crippen MR) is 141 cm³/mol. The summed E-state index contributed by atoms with van der Waals surface area (Å²) in [6.45, 7) is 7.56. The quantitative estimate of drug-likeness (QED) is 0.353. The van der Waals surface area contributed by atoms with Gasteiger partial charge in [-0.1, -0.05) is 57.3 Å². The lowest BCUT2D eigenvalue weighted by Gasteiger charge is -2.40. The lowest BCUT2D eigenvalue weighted by Crippen LogP contribution is -2.54. The molecule has 3 N–H and O–H groups in total. The van der Waals surface area contributed by atoms with Gasteiger partial charge in [-0.05, 0) is 63.6 Å². The van der Waals surface area contributed by atoms with Gasteiger partial charge in [0, 0.05) is 38.6 Å².